The van der Waals surface area contributed by atoms with E-state index in [1.54, 1.807) is 12.4 Å². The first kappa shape index (κ1) is 21.3. The fourth-order valence-corrected chi connectivity index (χ4v) is 4.86. The maximum Gasteiger partial charge on any atom is 0.416 e. The number of fused-ring (bicyclic) bond motifs is 3. The van der Waals surface area contributed by atoms with Gasteiger partial charge >= 0.3 is 6.18 Å². The van der Waals surface area contributed by atoms with Crippen molar-refractivity contribution in [3.05, 3.63) is 71.3 Å². The van der Waals surface area contributed by atoms with E-state index < -0.39 is 16.6 Å². The highest BCUT2D eigenvalue weighted by Gasteiger charge is 2.37. The molecule has 0 bridgehead atoms. The number of aromatic nitrogens is 3. The van der Waals surface area contributed by atoms with E-state index >= 15 is 0 Å². The van der Waals surface area contributed by atoms with Crippen LogP contribution in [0.4, 0.5) is 13.2 Å². The monoisotopic (exact) mass is 462 g/mol. The van der Waals surface area contributed by atoms with Crippen LogP contribution in [-0.4, -0.2) is 20.9 Å². The van der Waals surface area contributed by atoms with Crippen LogP contribution in [0, 0.1) is 0 Å². The van der Waals surface area contributed by atoms with Gasteiger partial charge in [0.1, 0.15) is 12.1 Å². The van der Waals surface area contributed by atoms with Gasteiger partial charge in [-0.2, -0.15) is 13.2 Å². The number of benzene rings is 2. The van der Waals surface area contributed by atoms with Crippen LogP contribution in [0.15, 0.2) is 48.8 Å². The predicted molar refractivity (Wildman–Crippen MR) is 114 cm³/mol. The van der Waals surface area contributed by atoms with Crippen LogP contribution in [-0.2, 0) is 24.1 Å². The van der Waals surface area contributed by atoms with Crippen molar-refractivity contribution in [1.29, 1.82) is 0 Å². The molecule has 0 atom stereocenters. The number of hydrogen-bond acceptors (Lipinski definition) is 4. The minimum atomic E-state index is -4.38. The molecule has 1 N–H and O–H groups in total. The third kappa shape index (κ3) is 4.09. The second-order valence-electron chi connectivity index (χ2n) is 8.37. The van der Waals surface area contributed by atoms with Gasteiger partial charge in [0, 0.05) is 6.54 Å². The molecule has 1 saturated carbocycles. The molecule has 1 fully saturated rings. The SMILES string of the molecule is FC(F)(F)c1cccc(OC2CCC(Cl)(c3ccc4c(c3)CNCc3nncn3-4)CC2)c1. The maximum absolute atomic E-state index is 13.0. The zero-order valence-corrected chi connectivity index (χ0v) is 18.0. The van der Waals surface area contributed by atoms with Gasteiger partial charge in [0.25, 0.3) is 0 Å². The number of alkyl halides is 4. The summed E-state index contributed by atoms with van der Waals surface area (Å²) in [7, 11) is 0. The van der Waals surface area contributed by atoms with Crippen LogP contribution in [0.2, 0.25) is 0 Å². The standard InChI is InChI=1S/C23H22ClF3N4O/c24-22(16-4-5-20-15(10-16)12-28-13-21-30-29-14-31(20)21)8-6-18(7-9-22)32-19-3-1-2-17(11-19)23(25,26)27/h1-5,10-11,14,18,28H,6-9,12-13H2. The van der Waals surface area contributed by atoms with Crippen molar-refractivity contribution in [1.82, 2.24) is 20.1 Å². The van der Waals surface area contributed by atoms with Crippen LogP contribution in [0.3, 0.4) is 0 Å². The zero-order valence-electron chi connectivity index (χ0n) is 17.2. The van der Waals surface area contributed by atoms with Gasteiger partial charge in [0.15, 0.2) is 5.82 Å². The van der Waals surface area contributed by atoms with Gasteiger partial charge in [-0.1, -0.05) is 18.2 Å². The van der Waals surface area contributed by atoms with Crippen LogP contribution < -0.4 is 10.1 Å². The molecule has 9 heteroatoms. The Morgan fingerprint density at radius 2 is 1.91 bits per heavy atom. The Balaban J connectivity index is 1.29. The molecule has 5 rings (SSSR count). The van der Waals surface area contributed by atoms with Gasteiger partial charge in [-0.05, 0) is 61.1 Å². The van der Waals surface area contributed by atoms with Gasteiger partial charge < -0.3 is 10.1 Å². The Morgan fingerprint density at radius 1 is 1.09 bits per heavy atom. The van der Waals surface area contributed by atoms with Crippen molar-refractivity contribution < 1.29 is 17.9 Å². The minimum Gasteiger partial charge on any atom is -0.490 e. The largest absolute Gasteiger partial charge is 0.490 e. The molecular weight excluding hydrogens is 441 g/mol. The Hall–Kier alpha value is -2.58. The molecule has 0 radical (unpaired) electrons. The number of ether oxygens (including phenoxy) is 1. The molecular formula is C23H22ClF3N4O. The van der Waals surface area contributed by atoms with Crippen molar-refractivity contribution >= 4 is 11.6 Å². The fraction of sp³-hybridized carbons (Fsp3) is 0.391. The highest BCUT2D eigenvalue weighted by atomic mass is 35.5. The molecule has 1 aliphatic heterocycles. The van der Waals surface area contributed by atoms with E-state index in [0.717, 1.165) is 34.8 Å². The summed E-state index contributed by atoms with van der Waals surface area (Å²) in [6.07, 6.45) is -0.120. The van der Waals surface area contributed by atoms with Gasteiger partial charge in [-0.25, -0.2) is 0 Å². The summed E-state index contributed by atoms with van der Waals surface area (Å²) in [6, 6.07) is 11.3. The van der Waals surface area contributed by atoms with E-state index in [4.69, 9.17) is 16.3 Å². The molecule has 0 unspecified atom stereocenters. The van der Waals surface area contributed by atoms with Crippen LogP contribution in [0.1, 0.15) is 48.2 Å². The molecule has 2 heterocycles. The first-order valence-electron chi connectivity index (χ1n) is 10.6. The summed E-state index contributed by atoms with van der Waals surface area (Å²) in [5.41, 5.74) is 2.52. The normalized spacial score (nSPS) is 23.2. The highest BCUT2D eigenvalue weighted by Crippen LogP contribution is 2.45. The molecule has 2 aliphatic rings. The fourth-order valence-electron chi connectivity index (χ4n) is 4.52. The van der Waals surface area contributed by atoms with E-state index in [9.17, 15) is 13.2 Å². The van der Waals surface area contributed by atoms with Gasteiger partial charge in [-0.15, -0.1) is 21.8 Å². The van der Waals surface area contributed by atoms with Crippen molar-refractivity contribution in [2.45, 2.75) is 55.9 Å². The van der Waals surface area contributed by atoms with Gasteiger partial charge in [-0.3, -0.25) is 4.57 Å². The third-order valence-electron chi connectivity index (χ3n) is 6.26. The minimum absolute atomic E-state index is 0.160. The topological polar surface area (TPSA) is 52.0 Å². The lowest BCUT2D eigenvalue weighted by Gasteiger charge is -2.36. The van der Waals surface area contributed by atoms with E-state index in [1.807, 2.05) is 4.57 Å². The second kappa shape index (κ2) is 8.08. The Labute approximate surface area is 188 Å². The van der Waals surface area contributed by atoms with Crippen molar-refractivity contribution in [2.24, 2.45) is 0 Å². The van der Waals surface area contributed by atoms with Crippen LogP contribution >= 0.6 is 11.6 Å². The molecule has 0 amide bonds. The smallest absolute Gasteiger partial charge is 0.416 e. The summed E-state index contributed by atoms with van der Waals surface area (Å²) in [4.78, 5) is -0.523. The summed E-state index contributed by atoms with van der Waals surface area (Å²) < 4.78 is 46.7. The van der Waals surface area contributed by atoms with Gasteiger partial charge in [0.2, 0.25) is 0 Å². The maximum atomic E-state index is 13.0. The van der Waals surface area contributed by atoms with E-state index in [0.29, 0.717) is 38.8 Å². The first-order chi connectivity index (χ1) is 15.3. The van der Waals surface area contributed by atoms with Gasteiger partial charge in [0.05, 0.1) is 28.8 Å². The van der Waals surface area contributed by atoms with E-state index in [1.165, 1.54) is 6.07 Å². The Kier molecular flexibility index (Phi) is 5.37. The average molecular weight is 463 g/mol. The lowest BCUT2D eigenvalue weighted by Crippen LogP contribution is -2.32. The molecule has 32 heavy (non-hydrogen) atoms. The second-order valence-corrected chi connectivity index (χ2v) is 9.10. The van der Waals surface area contributed by atoms with Crippen LogP contribution in [0.25, 0.3) is 5.69 Å². The lowest BCUT2D eigenvalue weighted by molar-refractivity contribution is -0.137. The third-order valence-corrected chi connectivity index (χ3v) is 6.86. The molecule has 0 saturated heterocycles. The summed E-state index contributed by atoms with van der Waals surface area (Å²) in [5.74, 6) is 1.11. The number of rotatable bonds is 3. The molecule has 5 nitrogen and oxygen atoms in total. The Morgan fingerprint density at radius 3 is 2.69 bits per heavy atom. The zero-order chi connectivity index (χ0) is 22.3. The molecule has 2 aromatic carbocycles. The van der Waals surface area contributed by atoms with Crippen LogP contribution in [0.5, 0.6) is 5.75 Å². The molecule has 1 aliphatic carbocycles. The molecule has 0 spiro atoms. The Bertz CT molecular complexity index is 1120. The number of nitrogens with zero attached hydrogens (tertiary/aromatic N) is 3. The quantitative estimate of drug-likeness (QED) is 0.533. The molecule has 1 aromatic heterocycles. The number of halogens is 4. The highest BCUT2D eigenvalue weighted by molar-refractivity contribution is 6.24. The van der Waals surface area contributed by atoms with Crippen molar-refractivity contribution in [3.8, 4) is 11.4 Å². The van der Waals surface area contributed by atoms with Crippen molar-refractivity contribution in [3.63, 3.8) is 0 Å². The predicted octanol–water partition coefficient (Wildman–Crippen LogP) is 5.35. The summed E-state index contributed by atoms with van der Waals surface area (Å²) in [6.45, 7) is 1.35. The molecule has 168 valence electrons. The van der Waals surface area contributed by atoms with E-state index in [-0.39, 0.29) is 11.9 Å². The summed E-state index contributed by atoms with van der Waals surface area (Å²) >= 11 is 7.06. The van der Waals surface area contributed by atoms with E-state index in [2.05, 4.69) is 33.7 Å². The lowest BCUT2D eigenvalue weighted by atomic mass is 9.81. The average Bonchev–Trinajstić information content (AvgIpc) is 3.16. The summed E-state index contributed by atoms with van der Waals surface area (Å²) in [5, 5.41) is 11.5. The van der Waals surface area contributed by atoms with Crippen molar-refractivity contribution in [2.75, 3.05) is 0 Å². The number of nitrogens with one attached hydrogen (secondary N) is 1. The number of hydrogen-bond donors (Lipinski definition) is 1. The first-order valence-corrected chi connectivity index (χ1v) is 11.0. The molecule has 3 aromatic rings.